The molecule has 0 fully saturated rings. The molecule has 0 aliphatic rings. The number of benzene rings is 1. The number of aliphatic hydroxyl groups is 2. The van der Waals surface area contributed by atoms with Crippen LogP contribution in [0.3, 0.4) is 0 Å². The Bertz CT molecular complexity index is 577. The van der Waals surface area contributed by atoms with Gasteiger partial charge in [0.1, 0.15) is 0 Å². The second kappa shape index (κ2) is 6.99. The van der Waals surface area contributed by atoms with E-state index in [9.17, 15) is 10.2 Å². The third kappa shape index (κ3) is 2.96. The summed E-state index contributed by atoms with van der Waals surface area (Å²) in [6.07, 6.45) is 0. The molecule has 0 bridgehead atoms. The lowest BCUT2D eigenvalue weighted by Gasteiger charge is -2.19. The first-order valence-electron chi connectivity index (χ1n) is 6.17. The van der Waals surface area contributed by atoms with Crippen LogP contribution in [-0.2, 0) is 13.2 Å². The van der Waals surface area contributed by atoms with Gasteiger partial charge in [-0.2, -0.15) is 0 Å². The zero-order valence-corrected chi connectivity index (χ0v) is 12.3. The topological polar surface area (TPSA) is 58.9 Å². The summed E-state index contributed by atoms with van der Waals surface area (Å²) >= 11 is 0. The monoisotopic (exact) mass is 276 g/mol. The minimum atomic E-state index is -0.266. The van der Waals surface area contributed by atoms with Crippen molar-refractivity contribution >= 4 is 0 Å². The number of allylic oxidation sites excluding steroid dienone is 1. The van der Waals surface area contributed by atoms with Gasteiger partial charge >= 0.3 is 0 Å². The van der Waals surface area contributed by atoms with Crippen molar-refractivity contribution in [2.24, 2.45) is 0 Å². The fourth-order valence-electron chi connectivity index (χ4n) is 2.08. The molecular weight excluding hydrogens is 256 g/mol. The van der Waals surface area contributed by atoms with Crippen molar-refractivity contribution in [3.8, 4) is 23.3 Å². The molecule has 0 aliphatic carbocycles. The van der Waals surface area contributed by atoms with E-state index in [1.807, 2.05) is 6.92 Å². The number of hydrogen-bond donors (Lipinski definition) is 2. The van der Waals surface area contributed by atoms with Crippen molar-refractivity contribution in [1.29, 1.82) is 0 Å². The quantitative estimate of drug-likeness (QED) is 0.825. The van der Waals surface area contributed by atoms with E-state index in [1.54, 1.807) is 6.92 Å². The second-order valence-corrected chi connectivity index (χ2v) is 4.37. The summed E-state index contributed by atoms with van der Waals surface area (Å²) in [6.45, 7) is 6.87. The maximum atomic E-state index is 9.61. The molecule has 0 unspecified atom stereocenters. The average Bonchev–Trinajstić information content (AvgIpc) is 2.43. The van der Waals surface area contributed by atoms with Gasteiger partial charge in [-0.1, -0.05) is 18.4 Å². The van der Waals surface area contributed by atoms with E-state index < -0.39 is 0 Å². The Hall–Kier alpha value is -1.96. The van der Waals surface area contributed by atoms with Gasteiger partial charge in [0, 0.05) is 22.3 Å². The number of ether oxygens (including phenoxy) is 2. The first-order valence-corrected chi connectivity index (χ1v) is 6.17. The van der Waals surface area contributed by atoms with Gasteiger partial charge in [0.2, 0.25) is 0 Å². The minimum absolute atomic E-state index is 0.239. The molecule has 0 atom stereocenters. The highest BCUT2D eigenvalue weighted by Gasteiger charge is 2.21. The van der Waals surface area contributed by atoms with Crippen LogP contribution in [0.5, 0.6) is 11.5 Å². The fraction of sp³-hybridized carbons (Fsp3) is 0.375. The molecule has 0 spiro atoms. The summed E-state index contributed by atoms with van der Waals surface area (Å²) in [5.74, 6) is 6.80. The molecule has 20 heavy (non-hydrogen) atoms. The molecule has 4 nitrogen and oxygen atoms in total. The van der Waals surface area contributed by atoms with Crippen molar-refractivity contribution in [2.75, 3.05) is 14.2 Å². The highest BCUT2D eigenvalue weighted by Crippen LogP contribution is 2.39. The Morgan fingerprint density at radius 1 is 1.10 bits per heavy atom. The minimum Gasteiger partial charge on any atom is -0.493 e. The molecular formula is C16H20O4. The number of rotatable bonds is 4. The van der Waals surface area contributed by atoms with Gasteiger partial charge < -0.3 is 19.7 Å². The average molecular weight is 276 g/mol. The van der Waals surface area contributed by atoms with Gasteiger partial charge in [0.25, 0.3) is 0 Å². The number of hydrogen-bond acceptors (Lipinski definition) is 4. The van der Waals surface area contributed by atoms with Crippen LogP contribution in [-0.4, -0.2) is 24.4 Å². The molecule has 0 aliphatic heterocycles. The summed E-state index contributed by atoms with van der Waals surface area (Å²) in [5, 5.41) is 19.2. The summed E-state index contributed by atoms with van der Waals surface area (Å²) in [7, 11) is 3.03. The molecule has 108 valence electrons. The molecule has 0 amide bonds. The van der Waals surface area contributed by atoms with E-state index in [-0.39, 0.29) is 13.2 Å². The first-order chi connectivity index (χ1) is 9.51. The lowest BCUT2D eigenvalue weighted by Crippen LogP contribution is -2.07. The summed E-state index contributed by atoms with van der Waals surface area (Å²) in [6, 6.07) is 0. The standard InChI is InChI=1S/C16H20O4/c1-10(2)6-7-12-11(3)15(19-4)16(20-5)14(9-18)13(12)8-17/h17-18H,1,8-9H2,2-5H3. The van der Waals surface area contributed by atoms with Crippen LogP contribution in [0.1, 0.15) is 29.2 Å². The van der Waals surface area contributed by atoms with Crippen molar-refractivity contribution < 1.29 is 19.7 Å². The Morgan fingerprint density at radius 3 is 2.05 bits per heavy atom. The van der Waals surface area contributed by atoms with E-state index >= 15 is 0 Å². The predicted octanol–water partition coefficient (Wildman–Crippen LogP) is 1.92. The lowest BCUT2D eigenvalue weighted by molar-refractivity contribution is 0.250. The van der Waals surface area contributed by atoms with Crippen molar-refractivity contribution in [1.82, 2.24) is 0 Å². The molecule has 1 rings (SSSR count). The molecule has 0 heterocycles. The molecule has 0 saturated carbocycles. The normalized spacial score (nSPS) is 9.70. The Morgan fingerprint density at radius 2 is 1.65 bits per heavy atom. The molecule has 4 heteroatoms. The largest absolute Gasteiger partial charge is 0.493 e. The van der Waals surface area contributed by atoms with E-state index in [2.05, 4.69) is 18.4 Å². The SMILES string of the molecule is C=C(C)C#Cc1c(C)c(OC)c(OC)c(CO)c1CO. The molecule has 2 N–H and O–H groups in total. The third-order valence-corrected chi connectivity index (χ3v) is 2.99. The summed E-state index contributed by atoms with van der Waals surface area (Å²) in [4.78, 5) is 0. The highest BCUT2D eigenvalue weighted by atomic mass is 16.5. The van der Waals surface area contributed by atoms with Crippen LogP contribution in [0.15, 0.2) is 12.2 Å². The molecule has 1 aromatic rings. The van der Waals surface area contributed by atoms with Gasteiger partial charge in [-0.25, -0.2) is 0 Å². The van der Waals surface area contributed by atoms with Crippen LogP contribution >= 0.6 is 0 Å². The van der Waals surface area contributed by atoms with Gasteiger partial charge in [-0.3, -0.25) is 0 Å². The smallest absolute Gasteiger partial charge is 0.166 e. The van der Waals surface area contributed by atoms with Crippen LogP contribution < -0.4 is 9.47 Å². The first kappa shape index (κ1) is 16.1. The second-order valence-electron chi connectivity index (χ2n) is 4.37. The van der Waals surface area contributed by atoms with Gasteiger partial charge in [0.05, 0.1) is 27.4 Å². The molecule has 0 saturated heterocycles. The van der Waals surface area contributed by atoms with Gasteiger partial charge in [-0.05, 0) is 19.4 Å². The number of methoxy groups -OCH3 is 2. The van der Waals surface area contributed by atoms with Crippen LogP contribution in [0.4, 0.5) is 0 Å². The third-order valence-electron chi connectivity index (χ3n) is 2.99. The van der Waals surface area contributed by atoms with Crippen molar-refractivity contribution in [2.45, 2.75) is 27.1 Å². The van der Waals surface area contributed by atoms with Gasteiger partial charge in [0.15, 0.2) is 11.5 Å². The Balaban J connectivity index is 3.75. The lowest BCUT2D eigenvalue weighted by atomic mass is 9.95. The van der Waals surface area contributed by atoms with E-state index in [4.69, 9.17) is 9.47 Å². The molecule has 0 aromatic heterocycles. The fourth-order valence-corrected chi connectivity index (χ4v) is 2.08. The summed E-state index contributed by atoms with van der Waals surface area (Å²) in [5.41, 5.74) is 3.16. The molecule has 1 aromatic carbocycles. The van der Waals surface area contributed by atoms with E-state index in [1.165, 1.54) is 14.2 Å². The zero-order chi connectivity index (χ0) is 15.3. The zero-order valence-electron chi connectivity index (χ0n) is 12.3. The van der Waals surface area contributed by atoms with Crippen LogP contribution in [0.25, 0.3) is 0 Å². The van der Waals surface area contributed by atoms with E-state index in [0.29, 0.717) is 33.8 Å². The molecule has 0 radical (unpaired) electrons. The van der Waals surface area contributed by atoms with Gasteiger partial charge in [-0.15, -0.1) is 0 Å². The van der Waals surface area contributed by atoms with Crippen LogP contribution in [0.2, 0.25) is 0 Å². The number of aliphatic hydroxyl groups excluding tert-OH is 2. The van der Waals surface area contributed by atoms with Crippen molar-refractivity contribution in [3.05, 3.63) is 34.4 Å². The Kier molecular flexibility index (Phi) is 5.63. The maximum Gasteiger partial charge on any atom is 0.166 e. The predicted molar refractivity (Wildman–Crippen MR) is 77.8 cm³/mol. The van der Waals surface area contributed by atoms with E-state index in [0.717, 1.165) is 5.56 Å². The maximum absolute atomic E-state index is 9.61. The van der Waals surface area contributed by atoms with Crippen molar-refractivity contribution in [3.63, 3.8) is 0 Å². The Labute approximate surface area is 119 Å². The summed E-state index contributed by atoms with van der Waals surface area (Å²) < 4.78 is 10.6. The van der Waals surface area contributed by atoms with Crippen LogP contribution in [0, 0.1) is 18.8 Å². The highest BCUT2D eigenvalue weighted by molar-refractivity contribution is 5.64.